The maximum Gasteiger partial charge on any atom is 0.325 e. The fourth-order valence-corrected chi connectivity index (χ4v) is 3.58. The van der Waals surface area contributed by atoms with Gasteiger partial charge >= 0.3 is 5.69 Å². The lowest BCUT2D eigenvalue weighted by atomic mass is 9.93. The largest absolute Gasteiger partial charge is 0.325 e. The van der Waals surface area contributed by atoms with Gasteiger partial charge in [0.05, 0.1) is 5.69 Å². The zero-order valence-corrected chi connectivity index (χ0v) is 14.8. The van der Waals surface area contributed by atoms with Crippen molar-refractivity contribution in [3.05, 3.63) is 56.4 Å². The van der Waals surface area contributed by atoms with Crippen LogP contribution in [-0.2, 0) is 10.0 Å². The molecule has 8 heteroatoms. The maximum absolute atomic E-state index is 12.6. The summed E-state index contributed by atoms with van der Waals surface area (Å²) in [4.78, 5) is 26.5. The Balaban J connectivity index is 2.61. The van der Waals surface area contributed by atoms with Crippen LogP contribution >= 0.6 is 0 Å². The van der Waals surface area contributed by atoms with Crippen LogP contribution in [0.1, 0.15) is 50.7 Å². The Morgan fingerprint density at radius 3 is 2.00 bits per heavy atom. The van der Waals surface area contributed by atoms with E-state index in [0.717, 1.165) is 17.3 Å². The number of nitrogens with one attached hydrogen (secondary N) is 3. The molecular weight excluding hydrogens is 330 g/mol. The molecular formula is C16H21N3O4S. The molecule has 0 spiro atoms. The Bertz CT molecular complexity index is 930. The summed E-state index contributed by atoms with van der Waals surface area (Å²) in [5, 5.41) is 0. The van der Waals surface area contributed by atoms with Gasteiger partial charge in [0.2, 0.25) is 0 Å². The summed E-state index contributed by atoms with van der Waals surface area (Å²) in [7, 11) is -4.14. The van der Waals surface area contributed by atoms with E-state index in [1.165, 1.54) is 0 Å². The predicted octanol–water partition coefficient (Wildman–Crippen LogP) is 2.11. The highest BCUT2D eigenvalue weighted by Crippen LogP contribution is 2.33. The Hall–Kier alpha value is -2.35. The molecule has 0 saturated carbocycles. The van der Waals surface area contributed by atoms with Gasteiger partial charge in [-0.1, -0.05) is 45.9 Å². The Labute approximate surface area is 140 Å². The molecule has 130 valence electrons. The van der Waals surface area contributed by atoms with E-state index in [1.807, 2.05) is 50.9 Å². The number of hydrogen-bond donors (Lipinski definition) is 3. The minimum absolute atomic E-state index is 0.0928. The number of aromatic amines is 2. The van der Waals surface area contributed by atoms with E-state index in [0.29, 0.717) is 5.69 Å². The first-order valence-electron chi connectivity index (χ1n) is 7.61. The third-order valence-corrected chi connectivity index (χ3v) is 5.04. The number of rotatable bonds is 5. The van der Waals surface area contributed by atoms with Gasteiger partial charge in [-0.3, -0.25) is 14.5 Å². The lowest BCUT2D eigenvalue weighted by molar-refractivity contribution is 0.598. The molecule has 0 radical (unpaired) electrons. The molecule has 7 nitrogen and oxygen atoms in total. The van der Waals surface area contributed by atoms with Gasteiger partial charge in [0.25, 0.3) is 15.6 Å². The summed E-state index contributed by atoms with van der Waals surface area (Å²) in [5.41, 5.74) is 0.438. The second kappa shape index (κ2) is 6.64. The van der Waals surface area contributed by atoms with Crippen molar-refractivity contribution in [3.8, 4) is 0 Å². The molecule has 0 aliphatic heterocycles. The van der Waals surface area contributed by atoms with Crippen LogP contribution in [0.4, 0.5) is 5.69 Å². The van der Waals surface area contributed by atoms with Crippen LogP contribution in [0, 0.1) is 0 Å². The van der Waals surface area contributed by atoms with Crippen LogP contribution in [0.25, 0.3) is 0 Å². The van der Waals surface area contributed by atoms with Crippen LogP contribution in [0.2, 0.25) is 0 Å². The van der Waals surface area contributed by atoms with Gasteiger partial charge < -0.3 is 4.98 Å². The fraction of sp³-hybridized carbons (Fsp3) is 0.375. The zero-order chi connectivity index (χ0) is 18.1. The minimum atomic E-state index is -4.14. The smallest absolute Gasteiger partial charge is 0.313 e. The molecule has 2 aromatic rings. The van der Waals surface area contributed by atoms with Crippen LogP contribution in [0.15, 0.2) is 38.9 Å². The Kier molecular flexibility index (Phi) is 4.98. The molecule has 0 atom stereocenters. The van der Waals surface area contributed by atoms with Crippen molar-refractivity contribution < 1.29 is 8.42 Å². The van der Waals surface area contributed by atoms with E-state index in [9.17, 15) is 18.0 Å². The number of anilines is 1. The lowest BCUT2D eigenvalue weighted by Gasteiger charge is -2.20. The first kappa shape index (κ1) is 18.0. The molecule has 1 heterocycles. The second-order valence-corrected chi connectivity index (χ2v) is 7.81. The van der Waals surface area contributed by atoms with E-state index in [4.69, 9.17) is 0 Å². The molecule has 1 aromatic carbocycles. The van der Waals surface area contributed by atoms with Gasteiger partial charge in [0.15, 0.2) is 4.90 Å². The molecule has 24 heavy (non-hydrogen) atoms. The molecule has 1 aromatic heterocycles. The van der Waals surface area contributed by atoms with Gasteiger partial charge in [-0.15, -0.1) is 0 Å². The molecule has 0 amide bonds. The molecule has 2 rings (SSSR count). The van der Waals surface area contributed by atoms with Gasteiger partial charge in [-0.25, -0.2) is 13.2 Å². The van der Waals surface area contributed by atoms with Crippen molar-refractivity contribution in [2.45, 2.75) is 44.4 Å². The molecule has 0 saturated heterocycles. The average molecular weight is 351 g/mol. The van der Waals surface area contributed by atoms with Crippen molar-refractivity contribution in [3.63, 3.8) is 0 Å². The van der Waals surface area contributed by atoms with Crippen molar-refractivity contribution in [2.24, 2.45) is 0 Å². The SMILES string of the molecule is CC(C)c1cccc(C(C)C)c1NS(=O)(=O)c1c[nH]c(=O)[nH]c1=O. The summed E-state index contributed by atoms with van der Waals surface area (Å²) in [5.74, 6) is 0.186. The first-order chi connectivity index (χ1) is 11.1. The first-order valence-corrected chi connectivity index (χ1v) is 9.09. The van der Waals surface area contributed by atoms with Crippen molar-refractivity contribution in [1.82, 2.24) is 9.97 Å². The van der Waals surface area contributed by atoms with Gasteiger partial charge in [-0.05, 0) is 23.0 Å². The van der Waals surface area contributed by atoms with E-state index >= 15 is 0 Å². The van der Waals surface area contributed by atoms with E-state index < -0.39 is 26.2 Å². The van der Waals surface area contributed by atoms with Crippen molar-refractivity contribution >= 4 is 15.7 Å². The van der Waals surface area contributed by atoms with Crippen molar-refractivity contribution in [2.75, 3.05) is 4.72 Å². The number of sulfonamides is 1. The standard InChI is InChI=1S/C16H21N3O4S/c1-9(2)11-6-5-7-12(10(3)4)14(11)19-24(22,23)13-8-17-16(21)18-15(13)20/h5-10,19H,1-4H3,(H2,17,18,20,21). The minimum Gasteiger partial charge on any atom is -0.313 e. The van der Waals surface area contributed by atoms with Gasteiger partial charge in [-0.2, -0.15) is 0 Å². The lowest BCUT2D eigenvalue weighted by Crippen LogP contribution is -2.29. The quantitative estimate of drug-likeness (QED) is 0.766. The number of H-pyrrole nitrogens is 2. The second-order valence-electron chi connectivity index (χ2n) is 6.16. The number of benzene rings is 1. The Morgan fingerprint density at radius 2 is 1.54 bits per heavy atom. The molecule has 0 aliphatic rings. The third-order valence-electron chi connectivity index (χ3n) is 3.68. The van der Waals surface area contributed by atoms with Gasteiger partial charge in [0, 0.05) is 6.20 Å². The van der Waals surface area contributed by atoms with Crippen molar-refractivity contribution in [1.29, 1.82) is 0 Å². The van der Waals surface area contributed by atoms with E-state index in [1.54, 1.807) is 0 Å². The normalized spacial score (nSPS) is 11.9. The molecule has 0 unspecified atom stereocenters. The maximum atomic E-state index is 12.6. The number of aromatic nitrogens is 2. The van der Waals surface area contributed by atoms with Crippen LogP contribution in [-0.4, -0.2) is 18.4 Å². The van der Waals surface area contributed by atoms with Crippen LogP contribution in [0.3, 0.4) is 0 Å². The summed E-state index contributed by atoms with van der Waals surface area (Å²) in [6.45, 7) is 7.85. The molecule has 0 fully saturated rings. The van der Waals surface area contributed by atoms with Crippen LogP contribution in [0.5, 0.6) is 0 Å². The predicted molar refractivity (Wildman–Crippen MR) is 93.1 cm³/mol. The van der Waals surface area contributed by atoms with Gasteiger partial charge in [0.1, 0.15) is 0 Å². The van der Waals surface area contributed by atoms with E-state index in [-0.39, 0.29) is 11.8 Å². The zero-order valence-electron chi connectivity index (χ0n) is 14.0. The highest BCUT2D eigenvalue weighted by atomic mass is 32.2. The number of hydrogen-bond acceptors (Lipinski definition) is 4. The molecule has 0 bridgehead atoms. The van der Waals surface area contributed by atoms with Crippen LogP contribution < -0.4 is 16.0 Å². The fourth-order valence-electron chi connectivity index (χ4n) is 2.46. The summed E-state index contributed by atoms with van der Waals surface area (Å²) < 4.78 is 27.8. The topological polar surface area (TPSA) is 112 Å². The molecule has 3 N–H and O–H groups in total. The summed E-state index contributed by atoms with van der Waals surface area (Å²) in [6.07, 6.45) is 0.899. The molecule has 0 aliphatic carbocycles. The highest BCUT2D eigenvalue weighted by molar-refractivity contribution is 7.92. The Morgan fingerprint density at radius 1 is 1.00 bits per heavy atom. The van der Waals surface area contributed by atoms with E-state index in [2.05, 4.69) is 9.71 Å². The average Bonchev–Trinajstić information content (AvgIpc) is 2.45. The summed E-state index contributed by atoms with van der Waals surface area (Å²) in [6, 6.07) is 5.59. The third kappa shape index (κ3) is 3.59. The summed E-state index contributed by atoms with van der Waals surface area (Å²) >= 11 is 0. The monoisotopic (exact) mass is 351 g/mol. The highest BCUT2D eigenvalue weighted by Gasteiger charge is 2.23. The number of para-hydroxylation sites is 1.